The lowest BCUT2D eigenvalue weighted by atomic mass is 9.86. The van der Waals surface area contributed by atoms with Crippen LogP contribution < -0.4 is 0 Å². The first-order valence-electron chi connectivity index (χ1n) is 6.94. The van der Waals surface area contributed by atoms with Crippen LogP contribution in [-0.2, 0) is 29.4 Å². The molecule has 0 fully saturated rings. The quantitative estimate of drug-likeness (QED) is 0.775. The monoisotopic (exact) mass is 257 g/mol. The topological polar surface area (TPSA) is 31.2 Å². The highest BCUT2D eigenvalue weighted by molar-refractivity contribution is 5.87. The molecule has 0 radical (unpaired) electrons. The second-order valence-corrected chi connectivity index (χ2v) is 5.19. The molecule has 0 N–H and O–H groups in total. The van der Waals surface area contributed by atoms with E-state index in [9.17, 15) is 4.79 Å². The molecule has 3 heteroatoms. The van der Waals surface area contributed by atoms with Gasteiger partial charge in [-0.15, -0.1) is 0 Å². The molecule has 0 bridgehead atoms. The second kappa shape index (κ2) is 4.72. The van der Waals surface area contributed by atoms with Crippen LogP contribution in [-0.4, -0.2) is 17.1 Å². The Morgan fingerprint density at radius 3 is 3.00 bits per heavy atom. The number of esters is 1. The minimum absolute atomic E-state index is 0.0262. The van der Waals surface area contributed by atoms with Crippen LogP contribution in [0.2, 0.25) is 0 Å². The highest BCUT2D eigenvalue weighted by Gasteiger charge is 2.29. The molecule has 1 aromatic heterocycles. The Balaban J connectivity index is 2.00. The first kappa shape index (κ1) is 12.3. The van der Waals surface area contributed by atoms with Crippen LogP contribution in [0.4, 0.5) is 0 Å². The summed E-state index contributed by atoms with van der Waals surface area (Å²) in [5.74, 6) is -0.0145. The van der Waals surface area contributed by atoms with Gasteiger partial charge >= 0.3 is 5.97 Å². The van der Waals surface area contributed by atoms with Crippen molar-refractivity contribution in [3.8, 4) is 0 Å². The van der Waals surface area contributed by atoms with Gasteiger partial charge in [0.25, 0.3) is 0 Å². The lowest BCUT2D eigenvalue weighted by Crippen LogP contribution is -2.25. The van der Waals surface area contributed by atoms with Crippen LogP contribution in [0.1, 0.15) is 24.6 Å². The van der Waals surface area contributed by atoms with Crippen molar-refractivity contribution in [2.75, 3.05) is 6.61 Å². The molecule has 1 atom stereocenters. The molecule has 1 heterocycles. The Kier molecular flexibility index (Phi) is 3.05. The van der Waals surface area contributed by atoms with Crippen LogP contribution in [0, 0.1) is 5.92 Å². The summed E-state index contributed by atoms with van der Waals surface area (Å²) in [7, 11) is 2.12. The van der Waals surface area contributed by atoms with Crippen LogP contribution in [0.15, 0.2) is 24.3 Å². The molecule has 1 aliphatic carbocycles. The van der Waals surface area contributed by atoms with E-state index in [1.165, 1.54) is 22.2 Å². The SMILES string of the molecule is CCOC(=O)C1CCc2c(c3ccccc3n2C)C1. The van der Waals surface area contributed by atoms with Crippen molar-refractivity contribution >= 4 is 16.9 Å². The molecule has 0 aliphatic heterocycles. The van der Waals surface area contributed by atoms with E-state index in [4.69, 9.17) is 4.74 Å². The van der Waals surface area contributed by atoms with Gasteiger partial charge in [0.1, 0.15) is 0 Å². The molecule has 19 heavy (non-hydrogen) atoms. The van der Waals surface area contributed by atoms with E-state index in [0.29, 0.717) is 6.61 Å². The summed E-state index contributed by atoms with van der Waals surface area (Å²) in [5, 5.41) is 1.29. The standard InChI is InChI=1S/C16H19NO2/c1-3-19-16(18)11-8-9-15-13(10-11)12-6-4-5-7-14(12)17(15)2/h4-7,11H,3,8-10H2,1-2H3. The van der Waals surface area contributed by atoms with Gasteiger partial charge in [-0.2, -0.15) is 0 Å². The predicted molar refractivity (Wildman–Crippen MR) is 75.1 cm³/mol. The maximum atomic E-state index is 11.9. The number of carbonyl (C=O) groups is 1. The number of aryl methyl sites for hydroxylation is 1. The molecule has 2 aromatic rings. The maximum absolute atomic E-state index is 11.9. The first-order valence-corrected chi connectivity index (χ1v) is 6.94. The molecule has 1 aromatic carbocycles. The third-order valence-corrected chi connectivity index (χ3v) is 4.14. The zero-order chi connectivity index (χ0) is 13.4. The Morgan fingerprint density at radius 2 is 2.21 bits per heavy atom. The fraction of sp³-hybridized carbons (Fsp3) is 0.438. The van der Waals surface area contributed by atoms with Crippen molar-refractivity contribution in [3.05, 3.63) is 35.5 Å². The van der Waals surface area contributed by atoms with Crippen molar-refractivity contribution in [3.63, 3.8) is 0 Å². The number of ether oxygens (including phenoxy) is 1. The lowest BCUT2D eigenvalue weighted by Gasteiger charge is -2.21. The summed E-state index contributed by atoms with van der Waals surface area (Å²) < 4.78 is 7.44. The molecule has 3 nitrogen and oxygen atoms in total. The number of benzene rings is 1. The Hall–Kier alpha value is -1.77. The number of fused-ring (bicyclic) bond motifs is 3. The van der Waals surface area contributed by atoms with Gasteiger partial charge in [-0.05, 0) is 37.8 Å². The zero-order valence-corrected chi connectivity index (χ0v) is 11.5. The number of hydrogen-bond acceptors (Lipinski definition) is 2. The number of aromatic nitrogens is 1. The highest BCUT2D eigenvalue weighted by atomic mass is 16.5. The third kappa shape index (κ3) is 1.93. The molecule has 1 unspecified atom stereocenters. The maximum Gasteiger partial charge on any atom is 0.309 e. The van der Waals surface area contributed by atoms with Gasteiger partial charge in [0.2, 0.25) is 0 Å². The lowest BCUT2D eigenvalue weighted by molar-refractivity contribution is -0.148. The molecule has 1 aliphatic rings. The summed E-state index contributed by atoms with van der Waals surface area (Å²) >= 11 is 0. The summed E-state index contributed by atoms with van der Waals surface area (Å²) in [6, 6.07) is 8.43. The summed E-state index contributed by atoms with van der Waals surface area (Å²) in [6.07, 6.45) is 2.68. The van der Waals surface area contributed by atoms with Crippen LogP contribution in [0.3, 0.4) is 0 Å². The highest BCUT2D eigenvalue weighted by Crippen LogP contribution is 2.34. The van der Waals surface area contributed by atoms with Crippen LogP contribution >= 0.6 is 0 Å². The van der Waals surface area contributed by atoms with Crippen LogP contribution in [0.5, 0.6) is 0 Å². The van der Waals surface area contributed by atoms with E-state index in [2.05, 4.69) is 35.9 Å². The minimum atomic E-state index is -0.0407. The van der Waals surface area contributed by atoms with Gasteiger partial charge in [0.05, 0.1) is 12.5 Å². The van der Waals surface area contributed by atoms with E-state index in [1.807, 2.05) is 6.92 Å². The summed E-state index contributed by atoms with van der Waals surface area (Å²) in [4.78, 5) is 11.9. The van der Waals surface area contributed by atoms with Crippen molar-refractivity contribution in [2.24, 2.45) is 13.0 Å². The van der Waals surface area contributed by atoms with E-state index in [0.717, 1.165) is 19.3 Å². The average molecular weight is 257 g/mol. The Labute approximate surface area is 113 Å². The van der Waals surface area contributed by atoms with E-state index in [1.54, 1.807) is 0 Å². The van der Waals surface area contributed by atoms with Gasteiger partial charge < -0.3 is 9.30 Å². The normalized spacial score (nSPS) is 18.3. The largest absolute Gasteiger partial charge is 0.466 e. The average Bonchev–Trinajstić information content (AvgIpc) is 2.73. The van der Waals surface area contributed by atoms with Crippen molar-refractivity contribution in [2.45, 2.75) is 26.2 Å². The van der Waals surface area contributed by atoms with Crippen LogP contribution in [0.25, 0.3) is 10.9 Å². The van der Waals surface area contributed by atoms with Gasteiger partial charge in [0, 0.05) is 23.6 Å². The summed E-state index contributed by atoms with van der Waals surface area (Å²) in [6.45, 7) is 2.34. The molecule has 0 saturated heterocycles. The van der Waals surface area contributed by atoms with Gasteiger partial charge in [0.15, 0.2) is 0 Å². The molecule has 0 spiro atoms. The number of hydrogen-bond donors (Lipinski definition) is 0. The van der Waals surface area contributed by atoms with Crippen molar-refractivity contribution in [1.82, 2.24) is 4.57 Å². The predicted octanol–water partition coefficient (Wildman–Crippen LogP) is 2.85. The number of carbonyl (C=O) groups excluding carboxylic acids is 1. The zero-order valence-electron chi connectivity index (χ0n) is 11.5. The first-order chi connectivity index (χ1) is 9.22. The smallest absolute Gasteiger partial charge is 0.309 e. The molecule has 0 saturated carbocycles. The van der Waals surface area contributed by atoms with Gasteiger partial charge in [-0.3, -0.25) is 4.79 Å². The molecule has 0 amide bonds. The van der Waals surface area contributed by atoms with Crippen molar-refractivity contribution < 1.29 is 9.53 Å². The molecular formula is C16H19NO2. The van der Waals surface area contributed by atoms with E-state index in [-0.39, 0.29) is 11.9 Å². The number of nitrogens with zero attached hydrogens (tertiary/aromatic N) is 1. The minimum Gasteiger partial charge on any atom is -0.466 e. The molecule has 3 rings (SSSR count). The van der Waals surface area contributed by atoms with Crippen molar-refractivity contribution in [1.29, 1.82) is 0 Å². The number of rotatable bonds is 2. The molecule has 100 valence electrons. The third-order valence-electron chi connectivity index (χ3n) is 4.14. The fourth-order valence-electron chi connectivity index (χ4n) is 3.19. The second-order valence-electron chi connectivity index (χ2n) is 5.19. The summed E-state index contributed by atoms with van der Waals surface area (Å²) in [5.41, 5.74) is 3.97. The fourth-order valence-corrected chi connectivity index (χ4v) is 3.19. The van der Waals surface area contributed by atoms with E-state index < -0.39 is 0 Å². The Morgan fingerprint density at radius 1 is 1.42 bits per heavy atom. The van der Waals surface area contributed by atoms with E-state index >= 15 is 0 Å². The van der Waals surface area contributed by atoms with Gasteiger partial charge in [-0.1, -0.05) is 18.2 Å². The van der Waals surface area contributed by atoms with Gasteiger partial charge in [-0.25, -0.2) is 0 Å². The number of para-hydroxylation sites is 1. The molecular weight excluding hydrogens is 238 g/mol. The Bertz CT molecular complexity index is 627.